The van der Waals surface area contributed by atoms with Crippen LogP contribution in [0, 0.1) is 0 Å². The van der Waals surface area contributed by atoms with Crippen LogP contribution in [-0.4, -0.2) is 59.8 Å². The Morgan fingerprint density at radius 1 is 0.865 bits per heavy atom. The lowest BCUT2D eigenvalue weighted by atomic mass is 10.2. The molecule has 1 amide bonds. The summed E-state index contributed by atoms with van der Waals surface area (Å²) in [6.07, 6.45) is 1.39. The molecule has 0 saturated heterocycles. The molecule has 0 spiro atoms. The first-order chi connectivity index (χ1) is 17.8. The van der Waals surface area contributed by atoms with Gasteiger partial charge in [0.1, 0.15) is 11.5 Å². The smallest absolute Gasteiger partial charge is 0.255 e. The number of amides is 1. The van der Waals surface area contributed by atoms with Crippen LogP contribution >= 0.6 is 0 Å². The summed E-state index contributed by atoms with van der Waals surface area (Å²) in [5, 5.41) is 3.97. The van der Waals surface area contributed by atoms with Crippen molar-refractivity contribution in [2.75, 3.05) is 35.0 Å². The average Bonchev–Trinajstić information content (AvgIpc) is 2.92. The van der Waals surface area contributed by atoms with E-state index in [1.54, 1.807) is 42.5 Å². The third-order valence-electron chi connectivity index (χ3n) is 5.34. The minimum Gasteiger partial charge on any atom is -0.497 e. The number of hydrogen-bond donors (Lipinski definition) is 1. The molecule has 0 bridgehead atoms. The number of sulfonamides is 1. The highest BCUT2D eigenvalue weighted by Crippen LogP contribution is 2.31. The Kier molecular flexibility index (Phi) is 9.47. The van der Waals surface area contributed by atoms with E-state index in [0.29, 0.717) is 28.4 Å². The molecule has 3 aromatic rings. The largest absolute Gasteiger partial charge is 0.497 e. The summed E-state index contributed by atoms with van der Waals surface area (Å²) in [5.41, 5.74) is 3.67. The van der Waals surface area contributed by atoms with Crippen LogP contribution in [0.15, 0.2) is 76.7 Å². The number of ether oxygens (including phenoxy) is 4. The third-order valence-corrected chi connectivity index (χ3v) is 7.13. The number of carbonyl (C=O) groups excluding carboxylic acids is 1. The van der Waals surface area contributed by atoms with Crippen LogP contribution < -0.4 is 24.4 Å². The second-order valence-corrected chi connectivity index (χ2v) is 9.61. The summed E-state index contributed by atoms with van der Waals surface area (Å²) in [6.45, 7) is -0.503. The van der Waals surface area contributed by atoms with Gasteiger partial charge in [-0.2, -0.15) is 9.41 Å². The summed E-state index contributed by atoms with van der Waals surface area (Å²) in [5.74, 6) is 1.13. The van der Waals surface area contributed by atoms with E-state index in [-0.39, 0.29) is 17.2 Å². The number of nitrogens with one attached hydrogen (secondary N) is 1. The highest BCUT2D eigenvalue weighted by Gasteiger charge is 2.28. The van der Waals surface area contributed by atoms with Gasteiger partial charge in [0.25, 0.3) is 5.91 Å². The Balaban J connectivity index is 1.84. The second kappa shape index (κ2) is 12.7. The van der Waals surface area contributed by atoms with E-state index < -0.39 is 22.5 Å². The van der Waals surface area contributed by atoms with E-state index in [2.05, 4.69) is 10.5 Å². The number of methoxy groups -OCH3 is 4. The van der Waals surface area contributed by atoms with Crippen molar-refractivity contribution in [1.82, 2.24) is 9.73 Å². The topological polar surface area (TPSA) is 116 Å². The minimum absolute atomic E-state index is 0.0294. The van der Waals surface area contributed by atoms with Crippen molar-refractivity contribution < 1.29 is 32.2 Å². The van der Waals surface area contributed by atoms with Gasteiger partial charge in [0, 0.05) is 18.2 Å². The minimum atomic E-state index is -4.10. The molecule has 0 atom stereocenters. The van der Waals surface area contributed by atoms with Crippen LogP contribution in [-0.2, 0) is 21.4 Å². The van der Waals surface area contributed by atoms with E-state index in [1.165, 1.54) is 52.9 Å². The molecule has 1 N–H and O–H groups in total. The Labute approximate surface area is 216 Å². The van der Waals surface area contributed by atoms with Gasteiger partial charge in [0.15, 0.2) is 11.5 Å². The van der Waals surface area contributed by atoms with Gasteiger partial charge in [-0.25, -0.2) is 13.8 Å². The van der Waals surface area contributed by atoms with E-state index in [4.69, 9.17) is 18.9 Å². The maximum atomic E-state index is 13.6. The maximum Gasteiger partial charge on any atom is 0.255 e. The van der Waals surface area contributed by atoms with Crippen LogP contribution in [0.2, 0.25) is 0 Å². The van der Waals surface area contributed by atoms with Crippen molar-refractivity contribution in [3.63, 3.8) is 0 Å². The molecule has 0 radical (unpaired) electrons. The van der Waals surface area contributed by atoms with Crippen LogP contribution in [0.3, 0.4) is 0 Å². The first-order valence-electron chi connectivity index (χ1n) is 11.1. The highest BCUT2D eigenvalue weighted by atomic mass is 32.2. The van der Waals surface area contributed by atoms with Gasteiger partial charge in [-0.05, 0) is 35.9 Å². The molecular formula is C26H29N3O7S. The van der Waals surface area contributed by atoms with Crippen LogP contribution in [0.5, 0.6) is 23.0 Å². The van der Waals surface area contributed by atoms with Crippen molar-refractivity contribution in [2.45, 2.75) is 11.4 Å². The molecule has 0 aliphatic rings. The van der Waals surface area contributed by atoms with Gasteiger partial charge in [0.2, 0.25) is 10.0 Å². The average molecular weight is 528 g/mol. The summed E-state index contributed by atoms with van der Waals surface area (Å²) in [7, 11) is 1.82. The van der Waals surface area contributed by atoms with E-state index in [9.17, 15) is 13.2 Å². The van der Waals surface area contributed by atoms with Crippen LogP contribution in [0.25, 0.3) is 0 Å². The molecule has 3 rings (SSSR count). The zero-order chi connectivity index (χ0) is 26.8. The van der Waals surface area contributed by atoms with Gasteiger partial charge in [-0.1, -0.05) is 30.3 Å². The van der Waals surface area contributed by atoms with Gasteiger partial charge < -0.3 is 18.9 Å². The third kappa shape index (κ3) is 6.99. The molecule has 0 unspecified atom stereocenters. The SMILES string of the molecule is COc1ccc(OC)c(/C=N\NC(=O)CN(Cc2ccccc2)S(=O)(=O)c2ccc(OC)c(OC)c2)c1. The molecule has 0 aromatic heterocycles. The highest BCUT2D eigenvalue weighted by molar-refractivity contribution is 7.89. The molecule has 0 saturated carbocycles. The standard InChI is InChI=1S/C26H29N3O7S/c1-33-21-10-12-23(34-2)20(14-21)16-27-28-26(30)18-29(17-19-8-6-5-7-9-19)37(31,32)22-11-13-24(35-3)25(15-22)36-4/h5-16H,17-18H2,1-4H3,(H,28,30)/b27-16-. The normalized spacial score (nSPS) is 11.4. The van der Waals surface area contributed by atoms with E-state index in [1.807, 2.05) is 6.07 Å². The van der Waals surface area contributed by atoms with Crippen LogP contribution in [0.1, 0.15) is 11.1 Å². The first kappa shape index (κ1) is 27.5. The van der Waals surface area contributed by atoms with E-state index >= 15 is 0 Å². The fraction of sp³-hybridized carbons (Fsp3) is 0.231. The number of hydrogen-bond acceptors (Lipinski definition) is 8. The zero-order valence-electron chi connectivity index (χ0n) is 21.0. The van der Waals surface area contributed by atoms with Crippen molar-refractivity contribution >= 4 is 22.1 Å². The van der Waals surface area contributed by atoms with Gasteiger partial charge in [-0.3, -0.25) is 4.79 Å². The summed E-state index contributed by atoms with van der Waals surface area (Å²) in [6, 6.07) is 18.4. The van der Waals surface area contributed by atoms with Crippen molar-refractivity contribution in [1.29, 1.82) is 0 Å². The molecule has 196 valence electrons. The number of nitrogens with zero attached hydrogens (tertiary/aromatic N) is 2. The first-order valence-corrected chi connectivity index (χ1v) is 12.6. The molecule has 0 heterocycles. The van der Waals surface area contributed by atoms with Crippen molar-refractivity contribution in [3.8, 4) is 23.0 Å². The van der Waals surface area contributed by atoms with Crippen molar-refractivity contribution in [3.05, 3.63) is 77.9 Å². The Morgan fingerprint density at radius 2 is 1.54 bits per heavy atom. The molecule has 0 aliphatic heterocycles. The summed E-state index contributed by atoms with van der Waals surface area (Å²) in [4.78, 5) is 12.7. The van der Waals surface area contributed by atoms with Crippen molar-refractivity contribution in [2.24, 2.45) is 5.10 Å². The molecule has 3 aromatic carbocycles. The monoisotopic (exact) mass is 527 g/mol. The van der Waals surface area contributed by atoms with Crippen LogP contribution in [0.4, 0.5) is 0 Å². The van der Waals surface area contributed by atoms with Gasteiger partial charge >= 0.3 is 0 Å². The van der Waals surface area contributed by atoms with Gasteiger partial charge in [0.05, 0.1) is 46.1 Å². The van der Waals surface area contributed by atoms with Gasteiger partial charge in [-0.15, -0.1) is 0 Å². The predicted molar refractivity (Wildman–Crippen MR) is 139 cm³/mol. The predicted octanol–water partition coefficient (Wildman–Crippen LogP) is 3.06. The molecule has 37 heavy (non-hydrogen) atoms. The lowest BCUT2D eigenvalue weighted by molar-refractivity contribution is -0.121. The lowest BCUT2D eigenvalue weighted by Crippen LogP contribution is -2.39. The van der Waals surface area contributed by atoms with E-state index in [0.717, 1.165) is 4.31 Å². The quantitative estimate of drug-likeness (QED) is 0.284. The molecule has 10 nitrogen and oxygen atoms in total. The fourth-order valence-corrected chi connectivity index (χ4v) is 4.85. The molecule has 11 heteroatoms. The summed E-state index contributed by atoms with van der Waals surface area (Å²) < 4.78 is 49.2. The molecular weight excluding hydrogens is 498 g/mol. The lowest BCUT2D eigenvalue weighted by Gasteiger charge is -2.22. The Morgan fingerprint density at radius 3 is 2.19 bits per heavy atom. The Hall–Kier alpha value is -4.09. The number of hydrazone groups is 1. The zero-order valence-corrected chi connectivity index (χ0v) is 21.8. The summed E-state index contributed by atoms with van der Waals surface area (Å²) >= 11 is 0. The number of carbonyl (C=O) groups is 1. The fourth-order valence-electron chi connectivity index (χ4n) is 3.45. The maximum absolute atomic E-state index is 13.6. The second-order valence-electron chi connectivity index (χ2n) is 7.68. The Bertz CT molecular complexity index is 1350. The number of benzene rings is 3. The molecule has 0 fully saturated rings. The number of rotatable bonds is 12. The molecule has 0 aliphatic carbocycles.